The molecule has 1 saturated heterocycles. The van der Waals surface area contributed by atoms with E-state index in [1.54, 1.807) is 37.3 Å². The number of hydrogen-bond acceptors (Lipinski definition) is 5. The maximum Gasteiger partial charge on any atom is 0.318 e. The lowest BCUT2D eigenvalue weighted by Gasteiger charge is -2.35. The summed E-state index contributed by atoms with van der Waals surface area (Å²) < 4.78 is 27.3. The Morgan fingerprint density at radius 1 is 1.21 bits per heavy atom. The van der Waals surface area contributed by atoms with E-state index >= 15 is 0 Å². The summed E-state index contributed by atoms with van der Waals surface area (Å²) >= 11 is 0. The van der Waals surface area contributed by atoms with Crippen molar-refractivity contribution in [2.45, 2.75) is 36.7 Å². The molecule has 1 unspecified atom stereocenters. The summed E-state index contributed by atoms with van der Waals surface area (Å²) in [4.78, 5) is 24.7. The maximum atomic E-state index is 12.3. The number of benzene rings is 1. The van der Waals surface area contributed by atoms with Gasteiger partial charge in [0.15, 0.2) is 0 Å². The molecule has 132 valence electrons. The second-order valence-corrected chi connectivity index (χ2v) is 7.49. The Hall–Kier alpha value is -1.97. The standard InChI is InChI=1S/C15H22N4O4S/c1-11(14(20)17-15(16)21)19-9-7-12(8-10-19)18-24(22,23)13-5-3-2-4-6-13/h2-6,11-12,18H,7-10H2,1H3,(H3,16,17,20,21). The number of sulfonamides is 1. The first-order valence-electron chi connectivity index (χ1n) is 7.71. The molecule has 1 aliphatic rings. The van der Waals surface area contributed by atoms with Gasteiger partial charge in [-0.3, -0.25) is 15.0 Å². The first-order chi connectivity index (χ1) is 11.3. The molecule has 4 N–H and O–H groups in total. The number of hydrogen-bond donors (Lipinski definition) is 3. The van der Waals surface area contributed by atoms with Crippen molar-refractivity contribution < 1.29 is 18.0 Å². The van der Waals surface area contributed by atoms with Crippen LogP contribution in [0.5, 0.6) is 0 Å². The SMILES string of the molecule is CC(C(=O)NC(N)=O)N1CCC(NS(=O)(=O)c2ccccc2)CC1. The monoisotopic (exact) mass is 354 g/mol. The van der Waals surface area contributed by atoms with Crippen LogP contribution in [0.3, 0.4) is 0 Å². The van der Waals surface area contributed by atoms with E-state index in [1.807, 2.05) is 4.90 Å². The quantitative estimate of drug-likeness (QED) is 0.688. The Balaban J connectivity index is 1.89. The van der Waals surface area contributed by atoms with Crippen LogP contribution in [0.15, 0.2) is 35.2 Å². The third kappa shape index (κ3) is 4.76. The molecule has 1 aromatic carbocycles. The summed E-state index contributed by atoms with van der Waals surface area (Å²) in [6.07, 6.45) is 1.17. The summed E-state index contributed by atoms with van der Waals surface area (Å²) in [6.45, 7) is 2.79. The van der Waals surface area contributed by atoms with Crippen molar-refractivity contribution in [3.05, 3.63) is 30.3 Å². The van der Waals surface area contributed by atoms with E-state index in [0.29, 0.717) is 25.9 Å². The van der Waals surface area contributed by atoms with E-state index in [2.05, 4.69) is 10.0 Å². The zero-order chi connectivity index (χ0) is 17.7. The van der Waals surface area contributed by atoms with Gasteiger partial charge in [0.05, 0.1) is 10.9 Å². The fraction of sp³-hybridized carbons (Fsp3) is 0.467. The van der Waals surface area contributed by atoms with Crippen molar-refractivity contribution in [2.24, 2.45) is 5.73 Å². The van der Waals surface area contributed by atoms with E-state index in [0.717, 1.165) is 0 Å². The van der Waals surface area contributed by atoms with Crippen molar-refractivity contribution in [2.75, 3.05) is 13.1 Å². The van der Waals surface area contributed by atoms with Crippen molar-refractivity contribution in [1.82, 2.24) is 14.9 Å². The number of carbonyl (C=O) groups excluding carboxylic acids is 2. The van der Waals surface area contributed by atoms with Crippen molar-refractivity contribution in [1.29, 1.82) is 0 Å². The highest BCUT2D eigenvalue weighted by Gasteiger charge is 2.29. The third-order valence-electron chi connectivity index (χ3n) is 4.08. The van der Waals surface area contributed by atoms with Gasteiger partial charge < -0.3 is 5.73 Å². The topological polar surface area (TPSA) is 122 Å². The molecule has 0 bridgehead atoms. The fourth-order valence-corrected chi connectivity index (χ4v) is 4.01. The lowest BCUT2D eigenvalue weighted by Crippen LogP contribution is -2.53. The molecule has 0 radical (unpaired) electrons. The molecule has 0 spiro atoms. The largest absolute Gasteiger partial charge is 0.351 e. The number of rotatable bonds is 5. The lowest BCUT2D eigenvalue weighted by molar-refractivity contribution is -0.125. The molecule has 9 heteroatoms. The Morgan fingerprint density at radius 3 is 2.33 bits per heavy atom. The molecule has 24 heavy (non-hydrogen) atoms. The van der Waals surface area contributed by atoms with Crippen LogP contribution in [0.2, 0.25) is 0 Å². The average molecular weight is 354 g/mol. The number of carbonyl (C=O) groups is 2. The van der Waals surface area contributed by atoms with Gasteiger partial charge in [-0.15, -0.1) is 0 Å². The summed E-state index contributed by atoms with van der Waals surface area (Å²) in [6, 6.07) is 6.66. The number of imide groups is 1. The highest BCUT2D eigenvalue weighted by molar-refractivity contribution is 7.89. The molecule has 0 aromatic heterocycles. The van der Waals surface area contributed by atoms with Crippen LogP contribution in [-0.4, -0.2) is 50.4 Å². The molecule has 2 rings (SSSR count). The summed E-state index contributed by atoms with van der Waals surface area (Å²) in [5, 5.41) is 2.06. The van der Waals surface area contributed by atoms with Gasteiger partial charge >= 0.3 is 6.03 Å². The molecule has 1 aliphatic heterocycles. The maximum absolute atomic E-state index is 12.3. The van der Waals surface area contributed by atoms with Crippen LogP contribution in [0.4, 0.5) is 4.79 Å². The van der Waals surface area contributed by atoms with Gasteiger partial charge in [-0.25, -0.2) is 17.9 Å². The van der Waals surface area contributed by atoms with Crippen molar-refractivity contribution >= 4 is 22.0 Å². The predicted octanol–water partition coefficient (Wildman–Crippen LogP) is 0.0127. The van der Waals surface area contributed by atoms with Crippen LogP contribution in [0, 0.1) is 0 Å². The second kappa shape index (κ2) is 7.73. The van der Waals surface area contributed by atoms with Gasteiger partial charge in [-0.1, -0.05) is 18.2 Å². The normalized spacial score (nSPS) is 18.0. The molecule has 0 saturated carbocycles. The minimum atomic E-state index is -3.54. The number of nitrogens with one attached hydrogen (secondary N) is 2. The van der Waals surface area contributed by atoms with Crippen LogP contribution >= 0.6 is 0 Å². The van der Waals surface area contributed by atoms with Crippen LogP contribution < -0.4 is 15.8 Å². The Bertz CT molecular complexity index is 685. The van der Waals surface area contributed by atoms with Gasteiger partial charge in [-0.05, 0) is 31.9 Å². The van der Waals surface area contributed by atoms with Gasteiger partial charge in [0.25, 0.3) is 0 Å². The van der Waals surface area contributed by atoms with Gasteiger partial charge in [0.2, 0.25) is 15.9 Å². The van der Waals surface area contributed by atoms with Gasteiger partial charge in [0.1, 0.15) is 0 Å². The van der Waals surface area contributed by atoms with Crippen LogP contribution in [0.25, 0.3) is 0 Å². The second-order valence-electron chi connectivity index (χ2n) is 5.77. The molecular weight excluding hydrogens is 332 g/mol. The third-order valence-corrected chi connectivity index (χ3v) is 5.61. The molecule has 1 atom stereocenters. The molecule has 8 nitrogen and oxygen atoms in total. The number of nitrogens with zero attached hydrogens (tertiary/aromatic N) is 1. The van der Waals surface area contributed by atoms with E-state index in [4.69, 9.17) is 5.73 Å². The van der Waals surface area contributed by atoms with E-state index in [9.17, 15) is 18.0 Å². The van der Waals surface area contributed by atoms with Crippen molar-refractivity contribution in [3.8, 4) is 0 Å². The minimum absolute atomic E-state index is 0.183. The number of amides is 3. The lowest BCUT2D eigenvalue weighted by atomic mass is 10.0. The van der Waals surface area contributed by atoms with Gasteiger partial charge in [0, 0.05) is 19.1 Å². The molecule has 1 fully saturated rings. The smallest absolute Gasteiger partial charge is 0.318 e. The van der Waals surface area contributed by atoms with E-state index < -0.39 is 28.0 Å². The number of nitrogens with two attached hydrogens (primary N) is 1. The highest BCUT2D eigenvalue weighted by atomic mass is 32.2. The molecule has 0 aliphatic carbocycles. The zero-order valence-electron chi connectivity index (χ0n) is 13.4. The van der Waals surface area contributed by atoms with E-state index in [1.165, 1.54) is 0 Å². The number of piperidine rings is 1. The minimum Gasteiger partial charge on any atom is -0.351 e. The molecule has 3 amide bonds. The predicted molar refractivity (Wildman–Crippen MR) is 88.5 cm³/mol. The Morgan fingerprint density at radius 2 is 1.79 bits per heavy atom. The Labute approximate surface area is 141 Å². The number of urea groups is 1. The first-order valence-corrected chi connectivity index (χ1v) is 9.19. The first kappa shape index (κ1) is 18.4. The van der Waals surface area contributed by atoms with Crippen LogP contribution in [-0.2, 0) is 14.8 Å². The zero-order valence-corrected chi connectivity index (χ0v) is 14.3. The van der Waals surface area contributed by atoms with Crippen molar-refractivity contribution in [3.63, 3.8) is 0 Å². The highest BCUT2D eigenvalue weighted by Crippen LogP contribution is 2.16. The number of primary amides is 1. The summed E-state index contributed by atoms with van der Waals surface area (Å²) in [7, 11) is -3.54. The van der Waals surface area contributed by atoms with Gasteiger partial charge in [-0.2, -0.15) is 0 Å². The molecular formula is C15H22N4O4S. The molecule has 1 heterocycles. The fourth-order valence-electron chi connectivity index (χ4n) is 2.68. The molecule has 1 aromatic rings. The summed E-state index contributed by atoms with van der Waals surface area (Å²) in [5.74, 6) is -0.453. The Kier molecular flexibility index (Phi) is 5.92. The van der Waals surface area contributed by atoms with E-state index in [-0.39, 0.29) is 10.9 Å². The summed E-state index contributed by atoms with van der Waals surface area (Å²) in [5.41, 5.74) is 4.94. The van der Waals surface area contributed by atoms with Crippen LogP contribution in [0.1, 0.15) is 19.8 Å². The number of likely N-dealkylation sites (tertiary alicyclic amines) is 1. The average Bonchev–Trinajstić information content (AvgIpc) is 2.55.